The molecule has 0 aliphatic carbocycles. The van der Waals surface area contributed by atoms with Crippen molar-refractivity contribution in [2.24, 2.45) is 0 Å². The quantitative estimate of drug-likeness (QED) is 0.841. The van der Waals surface area contributed by atoms with Crippen molar-refractivity contribution in [3.05, 3.63) is 35.3 Å². The van der Waals surface area contributed by atoms with Crippen molar-refractivity contribution in [3.8, 4) is 0 Å². The third-order valence-electron chi connectivity index (χ3n) is 3.02. The van der Waals surface area contributed by atoms with E-state index in [9.17, 15) is 8.42 Å². The van der Waals surface area contributed by atoms with Gasteiger partial charge < -0.3 is 9.84 Å². The minimum atomic E-state index is -3.61. The molecule has 0 bridgehead atoms. The number of anilines is 1. The summed E-state index contributed by atoms with van der Waals surface area (Å²) in [6.07, 6.45) is 1.33. The molecule has 0 radical (unpaired) electrons. The summed E-state index contributed by atoms with van der Waals surface area (Å²) >= 11 is 0. The number of nitrogens with zero attached hydrogens (tertiary/aromatic N) is 2. The Kier molecular flexibility index (Phi) is 4.59. The van der Waals surface area contributed by atoms with Gasteiger partial charge >= 0.3 is 0 Å². The number of nitrogens with one attached hydrogen (secondary N) is 2. The van der Waals surface area contributed by atoms with E-state index in [1.165, 1.54) is 12.3 Å². The van der Waals surface area contributed by atoms with Gasteiger partial charge in [-0.3, -0.25) is 0 Å². The van der Waals surface area contributed by atoms with Crippen LogP contribution in [0.2, 0.25) is 0 Å². The number of sulfonamides is 1. The van der Waals surface area contributed by atoms with Gasteiger partial charge in [-0.2, -0.15) is 0 Å². The number of aromatic nitrogens is 2. The molecule has 2 N–H and O–H groups in total. The highest BCUT2D eigenvalue weighted by molar-refractivity contribution is 7.89. The van der Waals surface area contributed by atoms with Gasteiger partial charge in [0.1, 0.15) is 16.5 Å². The van der Waals surface area contributed by atoms with Crippen LogP contribution in [0.25, 0.3) is 0 Å². The Morgan fingerprint density at radius 3 is 2.57 bits per heavy atom. The number of aryl methyl sites for hydroxylation is 2. The molecule has 2 aromatic rings. The average molecular weight is 310 g/mol. The van der Waals surface area contributed by atoms with Crippen molar-refractivity contribution < 1.29 is 12.9 Å². The lowest BCUT2D eigenvalue weighted by atomic mass is 10.2. The highest BCUT2D eigenvalue weighted by Crippen LogP contribution is 2.14. The van der Waals surface area contributed by atoms with Gasteiger partial charge in [0.15, 0.2) is 0 Å². The number of hydrogen-bond donors (Lipinski definition) is 2. The van der Waals surface area contributed by atoms with E-state index in [1.54, 1.807) is 19.9 Å². The third kappa shape index (κ3) is 3.59. The van der Waals surface area contributed by atoms with Crippen LogP contribution in [-0.2, 0) is 16.6 Å². The number of pyridine rings is 1. The first-order valence-electron chi connectivity index (χ1n) is 6.55. The average Bonchev–Trinajstić information content (AvgIpc) is 2.77. The van der Waals surface area contributed by atoms with Crippen LogP contribution < -0.4 is 10.0 Å². The monoisotopic (exact) mass is 310 g/mol. The second kappa shape index (κ2) is 6.23. The summed E-state index contributed by atoms with van der Waals surface area (Å²) in [7, 11) is -3.61. The molecular formula is C13H18N4O3S. The third-order valence-corrected chi connectivity index (χ3v) is 4.41. The van der Waals surface area contributed by atoms with Crippen LogP contribution in [0.4, 0.5) is 5.82 Å². The zero-order valence-electron chi connectivity index (χ0n) is 12.2. The van der Waals surface area contributed by atoms with Gasteiger partial charge in [-0.25, -0.2) is 18.1 Å². The number of rotatable bonds is 6. The molecule has 8 heteroatoms. The zero-order chi connectivity index (χ0) is 15.5. The Labute approximate surface area is 123 Å². The standard InChI is InChI=1S/C13H18N4O3S/c1-4-14-13-6-5-11(7-15-13)21(18,19)16-8-12-9(2)17-20-10(12)3/h5-7,16H,4,8H2,1-3H3,(H,14,15). The Morgan fingerprint density at radius 1 is 1.29 bits per heavy atom. The highest BCUT2D eigenvalue weighted by atomic mass is 32.2. The van der Waals surface area contributed by atoms with E-state index < -0.39 is 10.0 Å². The Bertz CT molecular complexity index is 688. The maximum Gasteiger partial charge on any atom is 0.242 e. The van der Waals surface area contributed by atoms with Gasteiger partial charge in [0.25, 0.3) is 0 Å². The van der Waals surface area contributed by atoms with Crippen LogP contribution in [0.5, 0.6) is 0 Å². The summed E-state index contributed by atoms with van der Waals surface area (Å²) in [6.45, 7) is 6.32. The van der Waals surface area contributed by atoms with Crippen LogP contribution in [0.15, 0.2) is 27.7 Å². The molecule has 2 aromatic heterocycles. The van der Waals surface area contributed by atoms with Crippen molar-refractivity contribution in [1.29, 1.82) is 0 Å². The van der Waals surface area contributed by atoms with Crippen LogP contribution >= 0.6 is 0 Å². The van der Waals surface area contributed by atoms with E-state index in [4.69, 9.17) is 4.52 Å². The Morgan fingerprint density at radius 2 is 2.05 bits per heavy atom. The normalized spacial score (nSPS) is 11.6. The molecule has 0 unspecified atom stereocenters. The van der Waals surface area contributed by atoms with Crippen LogP contribution in [0.1, 0.15) is 23.9 Å². The summed E-state index contributed by atoms with van der Waals surface area (Å²) in [5.74, 6) is 1.25. The molecule has 0 amide bonds. The van der Waals surface area contributed by atoms with E-state index in [0.717, 1.165) is 12.1 Å². The summed E-state index contributed by atoms with van der Waals surface area (Å²) in [6, 6.07) is 3.15. The molecule has 7 nitrogen and oxygen atoms in total. The molecule has 114 valence electrons. The van der Waals surface area contributed by atoms with Crippen LogP contribution in [0.3, 0.4) is 0 Å². The van der Waals surface area contributed by atoms with Crippen molar-refractivity contribution in [3.63, 3.8) is 0 Å². The lowest BCUT2D eigenvalue weighted by molar-refractivity contribution is 0.392. The lowest BCUT2D eigenvalue weighted by Crippen LogP contribution is -2.24. The van der Waals surface area contributed by atoms with E-state index in [-0.39, 0.29) is 11.4 Å². The largest absolute Gasteiger partial charge is 0.370 e. The molecule has 2 rings (SSSR count). The minimum absolute atomic E-state index is 0.121. The SMILES string of the molecule is CCNc1ccc(S(=O)(=O)NCc2c(C)noc2C)cn1. The van der Waals surface area contributed by atoms with E-state index in [2.05, 4.69) is 20.2 Å². The minimum Gasteiger partial charge on any atom is -0.370 e. The fourth-order valence-electron chi connectivity index (χ4n) is 1.83. The maximum atomic E-state index is 12.2. The Balaban J connectivity index is 2.11. The van der Waals surface area contributed by atoms with Gasteiger partial charge in [-0.1, -0.05) is 5.16 Å². The molecule has 0 fully saturated rings. The van der Waals surface area contributed by atoms with Crippen molar-refractivity contribution in [1.82, 2.24) is 14.9 Å². The molecule has 21 heavy (non-hydrogen) atoms. The summed E-state index contributed by atoms with van der Waals surface area (Å²) in [5, 5.41) is 6.80. The van der Waals surface area contributed by atoms with Gasteiger partial charge in [-0.05, 0) is 32.9 Å². The molecule has 0 aromatic carbocycles. The fraction of sp³-hybridized carbons (Fsp3) is 0.385. The molecular weight excluding hydrogens is 292 g/mol. The topological polar surface area (TPSA) is 97.1 Å². The van der Waals surface area contributed by atoms with Gasteiger partial charge in [0, 0.05) is 24.8 Å². The second-order valence-electron chi connectivity index (χ2n) is 4.54. The highest BCUT2D eigenvalue weighted by Gasteiger charge is 2.17. The smallest absolute Gasteiger partial charge is 0.242 e. The van der Waals surface area contributed by atoms with Gasteiger partial charge in [0.2, 0.25) is 10.0 Å². The predicted molar refractivity (Wildman–Crippen MR) is 78.4 cm³/mol. The van der Waals surface area contributed by atoms with E-state index in [1.807, 2.05) is 6.92 Å². The van der Waals surface area contributed by atoms with Crippen LogP contribution in [0, 0.1) is 13.8 Å². The summed E-state index contributed by atoms with van der Waals surface area (Å²) in [5.41, 5.74) is 1.42. The second-order valence-corrected chi connectivity index (χ2v) is 6.30. The van der Waals surface area contributed by atoms with Gasteiger partial charge in [-0.15, -0.1) is 0 Å². The van der Waals surface area contributed by atoms with E-state index in [0.29, 0.717) is 17.3 Å². The molecule has 0 aliphatic rings. The molecule has 0 saturated heterocycles. The molecule has 0 atom stereocenters. The first kappa shape index (κ1) is 15.5. The van der Waals surface area contributed by atoms with Crippen LogP contribution in [-0.4, -0.2) is 25.1 Å². The number of hydrogen-bond acceptors (Lipinski definition) is 6. The van der Waals surface area contributed by atoms with Crippen molar-refractivity contribution in [2.45, 2.75) is 32.2 Å². The van der Waals surface area contributed by atoms with Gasteiger partial charge in [0.05, 0.1) is 5.69 Å². The summed E-state index contributed by atoms with van der Waals surface area (Å²) < 4.78 is 31.9. The first-order chi connectivity index (χ1) is 9.94. The van der Waals surface area contributed by atoms with Crippen molar-refractivity contribution in [2.75, 3.05) is 11.9 Å². The molecule has 0 aliphatic heterocycles. The first-order valence-corrected chi connectivity index (χ1v) is 8.03. The fourth-order valence-corrected chi connectivity index (χ4v) is 2.77. The Hall–Kier alpha value is -1.93. The zero-order valence-corrected chi connectivity index (χ0v) is 13.0. The predicted octanol–water partition coefficient (Wildman–Crippen LogP) is 1.60. The maximum absolute atomic E-state index is 12.2. The van der Waals surface area contributed by atoms with E-state index >= 15 is 0 Å². The lowest BCUT2D eigenvalue weighted by Gasteiger charge is -2.07. The summed E-state index contributed by atoms with van der Waals surface area (Å²) in [4.78, 5) is 4.17. The van der Waals surface area contributed by atoms with Crippen molar-refractivity contribution >= 4 is 15.8 Å². The molecule has 0 spiro atoms. The molecule has 0 saturated carbocycles. The molecule has 2 heterocycles.